The first-order chi connectivity index (χ1) is 10.2. The maximum Gasteiger partial charge on any atom is 0.330 e. The molecule has 2 amide bonds. The van der Waals surface area contributed by atoms with Crippen molar-refractivity contribution in [2.75, 3.05) is 13.1 Å². The first-order valence-electron chi connectivity index (χ1n) is 7.22. The van der Waals surface area contributed by atoms with Gasteiger partial charge in [-0.1, -0.05) is 30.3 Å². The van der Waals surface area contributed by atoms with E-state index in [1.165, 1.54) is 12.8 Å². The standard InChI is InChI=1S/C15H21N3O3/c19-14(20)13(11-5-2-1-3-6-11)18-15(21)17-10-4-9-16-12-7-8-12/h1-3,5-6,12-13,16H,4,7-10H2,(H,19,20)(H2,17,18,21)/t13-/m1/s1. The van der Waals surface area contributed by atoms with Crippen LogP contribution in [0.15, 0.2) is 30.3 Å². The number of urea groups is 1. The molecule has 0 heterocycles. The molecule has 6 heteroatoms. The van der Waals surface area contributed by atoms with E-state index in [1.807, 2.05) is 0 Å². The van der Waals surface area contributed by atoms with Gasteiger partial charge < -0.3 is 21.1 Å². The Bertz CT molecular complexity index is 474. The average Bonchev–Trinajstić information content (AvgIpc) is 3.29. The second-order valence-electron chi connectivity index (χ2n) is 5.16. The zero-order valence-corrected chi connectivity index (χ0v) is 11.8. The van der Waals surface area contributed by atoms with Gasteiger partial charge in [-0.2, -0.15) is 0 Å². The fourth-order valence-electron chi connectivity index (χ4n) is 2.00. The highest BCUT2D eigenvalue weighted by Crippen LogP contribution is 2.18. The van der Waals surface area contributed by atoms with Gasteiger partial charge in [-0.05, 0) is 31.4 Å². The molecule has 0 spiro atoms. The molecule has 0 bridgehead atoms. The van der Waals surface area contributed by atoms with Gasteiger partial charge >= 0.3 is 12.0 Å². The smallest absolute Gasteiger partial charge is 0.330 e. The van der Waals surface area contributed by atoms with Crippen molar-refractivity contribution in [1.29, 1.82) is 0 Å². The topological polar surface area (TPSA) is 90.5 Å². The van der Waals surface area contributed by atoms with E-state index in [4.69, 9.17) is 0 Å². The van der Waals surface area contributed by atoms with Crippen molar-refractivity contribution >= 4 is 12.0 Å². The number of hydrogen-bond donors (Lipinski definition) is 4. The van der Waals surface area contributed by atoms with Crippen molar-refractivity contribution in [1.82, 2.24) is 16.0 Å². The summed E-state index contributed by atoms with van der Waals surface area (Å²) in [5.41, 5.74) is 0.551. The van der Waals surface area contributed by atoms with E-state index >= 15 is 0 Å². The highest BCUT2D eigenvalue weighted by atomic mass is 16.4. The molecule has 1 aromatic rings. The molecule has 0 aromatic heterocycles. The number of hydrogen-bond acceptors (Lipinski definition) is 3. The summed E-state index contributed by atoms with van der Waals surface area (Å²) in [7, 11) is 0. The van der Waals surface area contributed by atoms with Crippen LogP contribution in [0.3, 0.4) is 0 Å². The van der Waals surface area contributed by atoms with Crippen molar-refractivity contribution in [2.24, 2.45) is 0 Å². The van der Waals surface area contributed by atoms with Crippen LogP contribution in [0.1, 0.15) is 30.9 Å². The third-order valence-corrected chi connectivity index (χ3v) is 3.30. The zero-order valence-electron chi connectivity index (χ0n) is 11.8. The third kappa shape index (κ3) is 5.43. The predicted molar refractivity (Wildman–Crippen MR) is 79.0 cm³/mol. The minimum absolute atomic E-state index is 0.460. The zero-order chi connectivity index (χ0) is 15.1. The highest BCUT2D eigenvalue weighted by molar-refractivity contribution is 5.83. The Labute approximate surface area is 123 Å². The van der Waals surface area contributed by atoms with Gasteiger partial charge in [0.1, 0.15) is 0 Å². The lowest BCUT2D eigenvalue weighted by molar-refractivity contribution is -0.139. The Hall–Kier alpha value is -2.08. The number of aliphatic carboxylic acids is 1. The molecule has 1 aliphatic carbocycles. The number of carboxylic acid groups (broad SMARTS) is 1. The van der Waals surface area contributed by atoms with Crippen LogP contribution in [0.2, 0.25) is 0 Å². The van der Waals surface area contributed by atoms with E-state index in [9.17, 15) is 14.7 Å². The van der Waals surface area contributed by atoms with E-state index < -0.39 is 18.0 Å². The molecule has 114 valence electrons. The molecule has 4 N–H and O–H groups in total. The van der Waals surface area contributed by atoms with Crippen LogP contribution in [0.25, 0.3) is 0 Å². The largest absolute Gasteiger partial charge is 0.479 e. The minimum Gasteiger partial charge on any atom is -0.479 e. The van der Waals surface area contributed by atoms with Gasteiger partial charge in [0.15, 0.2) is 6.04 Å². The summed E-state index contributed by atoms with van der Waals surface area (Å²) in [6.07, 6.45) is 3.31. The van der Waals surface area contributed by atoms with Gasteiger partial charge in [0.2, 0.25) is 0 Å². The first-order valence-corrected chi connectivity index (χ1v) is 7.22. The summed E-state index contributed by atoms with van der Waals surface area (Å²) in [6, 6.07) is 7.82. The highest BCUT2D eigenvalue weighted by Gasteiger charge is 2.22. The Morgan fingerprint density at radius 3 is 2.52 bits per heavy atom. The number of nitrogens with one attached hydrogen (secondary N) is 3. The fraction of sp³-hybridized carbons (Fsp3) is 0.467. The van der Waals surface area contributed by atoms with Crippen molar-refractivity contribution < 1.29 is 14.7 Å². The average molecular weight is 291 g/mol. The van der Waals surface area contributed by atoms with Crippen LogP contribution in [-0.2, 0) is 4.79 Å². The maximum atomic E-state index is 11.7. The molecule has 2 rings (SSSR count). The molecule has 6 nitrogen and oxygen atoms in total. The summed E-state index contributed by atoms with van der Waals surface area (Å²) >= 11 is 0. The number of carbonyl (C=O) groups is 2. The molecule has 21 heavy (non-hydrogen) atoms. The van der Waals surface area contributed by atoms with Gasteiger partial charge in [0.05, 0.1) is 0 Å². The molecule has 0 unspecified atom stereocenters. The van der Waals surface area contributed by atoms with Crippen molar-refractivity contribution in [2.45, 2.75) is 31.3 Å². The van der Waals surface area contributed by atoms with Crippen LogP contribution in [-0.4, -0.2) is 36.2 Å². The van der Waals surface area contributed by atoms with Crippen LogP contribution in [0, 0.1) is 0 Å². The molecule has 1 aliphatic rings. The Kier molecular flexibility index (Phi) is 5.57. The summed E-state index contributed by atoms with van der Waals surface area (Å²) in [5, 5.41) is 17.7. The van der Waals surface area contributed by atoms with Crippen molar-refractivity contribution in [3.63, 3.8) is 0 Å². The van der Waals surface area contributed by atoms with Crippen LogP contribution in [0.5, 0.6) is 0 Å². The molecular weight excluding hydrogens is 270 g/mol. The normalized spacial score (nSPS) is 15.2. The lowest BCUT2D eigenvalue weighted by atomic mass is 10.1. The van der Waals surface area contributed by atoms with E-state index in [-0.39, 0.29) is 0 Å². The molecule has 0 radical (unpaired) electrons. The number of rotatable bonds is 8. The molecule has 1 atom stereocenters. The summed E-state index contributed by atoms with van der Waals surface area (Å²) in [6.45, 7) is 1.39. The van der Waals surface area contributed by atoms with Gasteiger partial charge in [-0.25, -0.2) is 9.59 Å². The molecule has 0 aliphatic heterocycles. The molecule has 0 saturated heterocycles. The Balaban J connectivity index is 1.71. The first kappa shape index (κ1) is 15.3. The number of benzene rings is 1. The minimum atomic E-state index is -1.08. The number of amides is 2. The molecule has 1 aromatic carbocycles. The predicted octanol–water partition coefficient (Wildman–Crippen LogP) is 1.25. The maximum absolute atomic E-state index is 11.7. The summed E-state index contributed by atoms with van der Waals surface area (Å²) in [4.78, 5) is 23.0. The van der Waals surface area contributed by atoms with Crippen molar-refractivity contribution in [3.05, 3.63) is 35.9 Å². The van der Waals surface area contributed by atoms with Gasteiger partial charge in [0, 0.05) is 12.6 Å². The fourth-order valence-corrected chi connectivity index (χ4v) is 2.00. The van der Waals surface area contributed by atoms with E-state index in [0.29, 0.717) is 18.2 Å². The Morgan fingerprint density at radius 1 is 1.19 bits per heavy atom. The molecule has 1 fully saturated rings. The van der Waals surface area contributed by atoms with Gasteiger partial charge in [0.25, 0.3) is 0 Å². The van der Waals surface area contributed by atoms with E-state index in [2.05, 4.69) is 16.0 Å². The second-order valence-corrected chi connectivity index (χ2v) is 5.16. The van der Waals surface area contributed by atoms with Gasteiger partial charge in [-0.15, -0.1) is 0 Å². The van der Waals surface area contributed by atoms with E-state index in [1.54, 1.807) is 30.3 Å². The number of carboxylic acids is 1. The van der Waals surface area contributed by atoms with Crippen LogP contribution in [0.4, 0.5) is 4.79 Å². The molecular formula is C15H21N3O3. The SMILES string of the molecule is O=C(NCCCNC1CC1)N[C@@H](C(=O)O)c1ccccc1. The molecule has 1 saturated carbocycles. The monoisotopic (exact) mass is 291 g/mol. The van der Waals surface area contributed by atoms with Crippen molar-refractivity contribution in [3.8, 4) is 0 Å². The lowest BCUT2D eigenvalue weighted by Crippen LogP contribution is -2.41. The van der Waals surface area contributed by atoms with Crippen LogP contribution < -0.4 is 16.0 Å². The Morgan fingerprint density at radius 2 is 1.90 bits per heavy atom. The quantitative estimate of drug-likeness (QED) is 0.543. The van der Waals surface area contributed by atoms with Crippen LogP contribution >= 0.6 is 0 Å². The summed E-state index contributed by atoms with van der Waals surface area (Å²) < 4.78 is 0. The van der Waals surface area contributed by atoms with Gasteiger partial charge in [-0.3, -0.25) is 0 Å². The lowest BCUT2D eigenvalue weighted by Gasteiger charge is -2.15. The third-order valence-electron chi connectivity index (χ3n) is 3.30. The number of carbonyl (C=O) groups excluding carboxylic acids is 1. The summed E-state index contributed by atoms with van der Waals surface area (Å²) in [5.74, 6) is -1.08. The van der Waals surface area contributed by atoms with E-state index in [0.717, 1.165) is 13.0 Å². The second kappa shape index (κ2) is 7.64.